The van der Waals surface area contributed by atoms with Crippen molar-refractivity contribution in [2.45, 2.75) is 31.8 Å². The summed E-state index contributed by atoms with van der Waals surface area (Å²) in [6.07, 6.45) is 0.277. The highest BCUT2D eigenvalue weighted by atomic mass is 16.5. The van der Waals surface area contributed by atoms with Crippen LogP contribution in [0.1, 0.15) is 43.0 Å². The zero-order valence-corrected chi connectivity index (χ0v) is 15.3. The summed E-state index contributed by atoms with van der Waals surface area (Å²) in [5.41, 5.74) is -0.0609. The monoisotopic (exact) mass is 360 g/mol. The number of fused-ring (bicyclic) bond motifs is 1. The maximum atomic E-state index is 12.3. The van der Waals surface area contributed by atoms with E-state index in [-0.39, 0.29) is 29.7 Å². The quantitative estimate of drug-likeness (QED) is 0.653. The third-order valence-electron chi connectivity index (χ3n) is 5.00. The predicted octanol–water partition coefficient (Wildman–Crippen LogP) is 2.46. The molecular weight excluding hydrogens is 336 g/mol. The van der Waals surface area contributed by atoms with Gasteiger partial charge in [-0.25, -0.2) is 4.79 Å². The van der Waals surface area contributed by atoms with E-state index in [1.807, 2.05) is 26.0 Å². The molecule has 0 unspecified atom stereocenters. The molecule has 0 bridgehead atoms. The van der Waals surface area contributed by atoms with Crippen molar-refractivity contribution in [2.24, 2.45) is 13.0 Å². The molecule has 2 heterocycles. The number of benzene rings is 1. The van der Waals surface area contributed by atoms with Gasteiger partial charge in [-0.1, -0.05) is 26.0 Å². The van der Waals surface area contributed by atoms with E-state index in [4.69, 9.17) is 4.74 Å². The SMILES string of the molecule is COc1ccc([C@@H]2N[C@](CC(C)C)(C(=O)O)c3c2c(O)n(C)c3O)cc1. The number of methoxy groups -OCH3 is 1. The highest BCUT2D eigenvalue weighted by Gasteiger charge is 2.54. The Labute approximate surface area is 151 Å². The second kappa shape index (κ2) is 6.25. The normalized spacial score (nSPS) is 21.8. The van der Waals surface area contributed by atoms with Crippen LogP contribution in [0.5, 0.6) is 17.5 Å². The van der Waals surface area contributed by atoms with Crippen LogP contribution in [-0.4, -0.2) is 33.0 Å². The molecule has 0 radical (unpaired) electrons. The molecule has 4 N–H and O–H groups in total. The molecular formula is C19H24N2O5. The van der Waals surface area contributed by atoms with Gasteiger partial charge in [0.1, 0.15) is 11.3 Å². The number of carboxylic acids is 1. The Morgan fingerprint density at radius 3 is 2.38 bits per heavy atom. The summed E-state index contributed by atoms with van der Waals surface area (Å²) >= 11 is 0. The van der Waals surface area contributed by atoms with Crippen LogP contribution in [0.25, 0.3) is 0 Å². The van der Waals surface area contributed by atoms with Crippen LogP contribution in [0, 0.1) is 5.92 Å². The summed E-state index contributed by atoms with van der Waals surface area (Å²) in [7, 11) is 3.08. The lowest BCUT2D eigenvalue weighted by Gasteiger charge is -2.29. The van der Waals surface area contributed by atoms with Gasteiger partial charge < -0.3 is 20.1 Å². The topological polar surface area (TPSA) is 104 Å². The van der Waals surface area contributed by atoms with Crippen LogP contribution in [0.15, 0.2) is 24.3 Å². The van der Waals surface area contributed by atoms with E-state index in [1.165, 1.54) is 11.6 Å². The third-order valence-corrected chi connectivity index (χ3v) is 5.00. The first-order valence-electron chi connectivity index (χ1n) is 8.49. The zero-order valence-electron chi connectivity index (χ0n) is 15.3. The fourth-order valence-corrected chi connectivity index (χ4v) is 3.84. The number of nitrogens with one attached hydrogen (secondary N) is 1. The second-order valence-corrected chi connectivity index (χ2v) is 7.15. The van der Waals surface area contributed by atoms with Crippen LogP contribution < -0.4 is 10.1 Å². The van der Waals surface area contributed by atoms with Gasteiger partial charge in [0.2, 0.25) is 0 Å². The number of aromatic hydroxyl groups is 2. The van der Waals surface area contributed by atoms with Crippen LogP contribution >= 0.6 is 0 Å². The molecule has 0 aliphatic carbocycles. The van der Waals surface area contributed by atoms with E-state index in [9.17, 15) is 20.1 Å². The van der Waals surface area contributed by atoms with E-state index in [0.29, 0.717) is 11.3 Å². The lowest BCUT2D eigenvalue weighted by molar-refractivity contribution is -0.146. The molecule has 0 saturated heterocycles. The Bertz CT molecular complexity index is 841. The number of aliphatic carboxylic acids is 1. The molecule has 7 nitrogen and oxygen atoms in total. The van der Waals surface area contributed by atoms with E-state index in [2.05, 4.69) is 5.32 Å². The Morgan fingerprint density at radius 2 is 1.88 bits per heavy atom. The van der Waals surface area contributed by atoms with Crippen molar-refractivity contribution in [3.8, 4) is 17.5 Å². The van der Waals surface area contributed by atoms with Gasteiger partial charge in [0.05, 0.1) is 18.7 Å². The number of aromatic nitrogens is 1. The van der Waals surface area contributed by atoms with Crippen molar-refractivity contribution in [1.82, 2.24) is 9.88 Å². The van der Waals surface area contributed by atoms with Gasteiger partial charge in [-0.3, -0.25) is 9.88 Å². The molecule has 0 amide bonds. The van der Waals surface area contributed by atoms with Gasteiger partial charge in [-0.2, -0.15) is 0 Å². The fourth-order valence-electron chi connectivity index (χ4n) is 3.84. The lowest BCUT2D eigenvalue weighted by atomic mass is 9.84. The maximum absolute atomic E-state index is 12.3. The van der Waals surface area contributed by atoms with Crippen molar-refractivity contribution in [2.75, 3.05) is 7.11 Å². The van der Waals surface area contributed by atoms with Crippen molar-refractivity contribution >= 4 is 5.97 Å². The van der Waals surface area contributed by atoms with Crippen LogP contribution in [-0.2, 0) is 17.4 Å². The fraction of sp³-hybridized carbons (Fsp3) is 0.421. The highest BCUT2D eigenvalue weighted by molar-refractivity contribution is 5.85. The van der Waals surface area contributed by atoms with E-state index < -0.39 is 17.6 Å². The first kappa shape index (κ1) is 18.1. The lowest BCUT2D eigenvalue weighted by Crippen LogP contribution is -2.47. The summed E-state index contributed by atoms with van der Waals surface area (Å²) in [6.45, 7) is 3.85. The van der Waals surface area contributed by atoms with Gasteiger partial charge in [0, 0.05) is 12.6 Å². The highest BCUT2D eigenvalue weighted by Crippen LogP contribution is 2.52. The number of nitrogens with zero attached hydrogens (tertiary/aromatic N) is 1. The second-order valence-electron chi connectivity index (χ2n) is 7.15. The number of hydrogen-bond donors (Lipinski definition) is 4. The third kappa shape index (κ3) is 2.50. The van der Waals surface area contributed by atoms with Crippen LogP contribution in [0.2, 0.25) is 0 Å². The van der Waals surface area contributed by atoms with Gasteiger partial charge in [-0.15, -0.1) is 0 Å². The smallest absolute Gasteiger partial charge is 0.328 e. The summed E-state index contributed by atoms with van der Waals surface area (Å²) in [5, 5.41) is 34.3. The van der Waals surface area contributed by atoms with Crippen LogP contribution in [0.3, 0.4) is 0 Å². The molecule has 1 aromatic heterocycles. The summed E-state index contributed by atoms with van der Waals surface area (Å²) in [6, 6.07) is 6.63. The van der Waals surface area contributed by atoms with E-state index in [0.717, 1.165) is 5.56 Å². The molecule has 7 heteroatoms. The minimum Gasteiger partial charge on any atom is -0.497 e. The van der Waals surface area contributed by atoms with E-state index in [1.54, 1.807) is 19.2 Å². The standard InChI is InChI=1S/C19H24N2O5/c1-10(2)9-19(18(24)25)14-13(16(22)21(3)17(14)23)15(20-19)11-5-7-12(26-4)8-6-11/h5-8,10,15,20,22-23H,9H2,1-4H3,(H,24,25)/t15-,19-/m0/s1. The summed E-state index contributed by atoms with van der Waals surface area (Å²) < 4.78 is 6.39. The number of rotatable bonds is 5. The summed E-state index contributed by atoms with van der Waals surface area (Å²) in [4.78, 5) is 12.3. The Morgan fingerprint density at radius 1 is 1.27 bits per heavy atom. The summed E-state index contributed by atoms with van der Waals surface area (Å²) in [5.74, 6) is -0.715. The molecule has 2 aromatic rings. The first-order valence-corrected chi connectivity index (χ1v) is 8.49. The molecule has 1 aliphatic heterocycles. The molecule has 1 aromatic carbocycles. The molecule has 0 fully saturated rings. The van der Waals surface area contributed by atoms with Gasteiger partial charge >= 0.3 is 5.97 Å². The van der Waals surface area contributed by atoms with Crippen molar-refractivity contribution in [1.29, 1.82) is 0 Å². The molecule has 2 atom stereocenters. The van der Waals surface area contributed by atoms with E-state index >= 15 is 0 Å². The van der Waals surface area contributed by atoms with Crippen molar-refractivity contribution < 1.29 is 24.9 Å². The molecule has 0 spiro atoms. The largest absolute Gasteiger partial charge is 0.497 e. The van der Waals surface area contributed by atoms with Gasteiger partial charge in [0.15, 0.2) is 11.8 Å². The zero-order chi connectivity index (χ0) is 19.2. The average Bonchev–Trinajstić information content (AvgIpc) is 3.05. The molecule has 1 aliphatic rings. The molecule has 3 rings (SSSR count). The van der Waals surface area contributed by atoms with Gasteiger partial charge in [0.25, 0.3) is 0 Å². The Hall–Kier alpha value is -2.67. The average molecular weight is 360 g/mol. The predicted molar refractivity (Wildman–Crippen MR) is 95.5 cm³/mol. The molecule has 26 heavy (non-hydrogen) atoms. The van der Waals surface area contributed by atoms with Crippen molar-refractivity contribution in [3.05, 3.63) is 41.0 Å². The van der Waals surface area contributed by atoms with Gasteiger partial charge in [-0.05, 0) is 30.0 Å². The number of ether oxygens (including phenoxy) is 1. The minimum atomic E-state index is -1.48. The van der Waals surface area contributed by atoms with Crippen LogP contribution in [0.4, 0.5) is 0 Å². The number of carbonyl (C=O) groups is 1. The molecule has 140 valence electrons. The Balaban J connectivity index is 2.21. The van der Waals surface area contributed by atoms with Crippen molar-refractivity contribution in [3.63, 3.8) is 0 Å². The number of hydrogen-bond acceptors (Lipinski definition) is 5. The first-order chi connectivity index (χ1) is 12.2. The number of carboxylic acid groups (broad SMARTS) is 1. The minimum absolute atomic E-state index is 0.0582. The maximum Gasteiger partial charge on any atom is 0.328 e. The Kier molecular flexibility index (Phi) is 4.36. The molecule has 0 saturated carbocycles.